The zero-order valence-corrected chi connectivity index (χ0v) is 15.2. The van der Waals surface area contributed by atoms with Crippen LogP contribution in [0.3, 0.4) is 0 Å². The first-order chi connectivity index (χ1) is 12.4. The number of aryl methyl sites for hydroxylation is 1. The van der Waals surface area contributed by atoms with Gasteiger partial charge in [-0.1, -0.05) is 23.7 Å². The molecular formula is C19H19ClF2N2O2. The maximum atomic E-state index is 12.3. The highest BCUT2D eigenvalue weighted by atomic mass is 35.5. The van der Waals surface area contributed by atoms with Crippen LogP contribution in [0.25, 0.3) is 0 Å². The fourth-order valence-corrected chi connectivity index (χ4v) is 3.57. The van der Waals surface area contributed by atoms with Crippen LogP contribution in [0.2, 0.25) is 5.15 Å². The number of aldehydes is 1. The molecule has 0 saturated carbocycles. The van der Waals surface area contributed by atoms with E-state index >= 15 is 0 Å². The van der Waals surface area contributed by atoms with Gasteiger partial charge in [0.2, 0.25) is 0 Å². The van der Waals surface area contributed by atoms with Gasteiger partial charge in [-0.25, -0.2) is 13.8 Å². The van der Waals surface area contributed by atoms with Gasteiger partial charge in [-0.2, -0.15) is 0 Å². The van der Waals surface area contributed by atoms with Gasteiger partial charge >= 0.3 is 0 Å². The Kier molecular flexibility index (Phi) is 5.53. The summed E-state index contributed by atoms with van der Waals surface area (Å²) >= 11 is 6.18. The molecule has 1 aliphatic heterocycles. The van der Waals surface area contributed by atoms with Crippen LogP contribution >= 0.6 is 11.6 Å². The second-order valence-electron chi connectivity index (χ2n) is 6.33. The second kappa shape index (κ2) is 7.68. The third-order valence-corrected chi connectivity index (χ3v) is 5.05. The highest BCUT2D eigenvalue weighted by molar-refractivity contribution is 6.30. The summed E-state index contributed by atoms with van der Waals surface area (Å²) in [6.07, 6.45) is -0.000610. The maximum Gasteiger partial charge on any atom is 0.272 e. The van der Waals surface area contributed by atoms with Crippen LogP contribution in [-0.4, -0.2) is 29.2 Å². The number of benzene rings is 1. The topological polar surface area (TPSA) is 42.4 Å². The summed E-state index contributed by atoms with van der Waals surface area (Å²) in [4.78, 5) is 17.8. The molecule has 1 aromatic carbocycles. The lowest BCUT2D eigenvalue weighted by atomic mass is 10.0. The predicted molar refractivity (Wildman–Crippen MR) is 94.7 cm³/mol. The van der Waals surface area contributed by atoms with Crippen molar-refractivity contribution in [3.05, 3.63) is 57.9 Å². The fraction of sp³-hybridized carbons (Fsp3) is 0.368. The highest BCUT2D eigenvalue weighted by Gasteiger charge is 2.35. The van der Waals surface area contributed by atoms with Gasteiger partial charge in [-0.05, 0) is 42.7 Å². The molecule has 0 aliphatic carbocycles. The van der Waals surface area contributed by atoms with E-state index in [1.165, 1.54) is 0 Å². The Labute approximate surface area is 155 Å². The summed E-state index contributed by atoms with van der Waals surface area (Å²) in [6.45, 7) is 3.71. The number of pyridine rings is 1. The van der Waals surface area contributed by atoms with Gasteiger partial charge in [0, 0.05) is 24.3 Å². The molecule has 4 nitrogen and oxygen atoms in total. The van der Waals surface area contributed by atoms with E-state index in [0.717, 1.165) is 28.5 Å². The van der Waals surface area contributed by atoms with E-state index in [1.807, 2.05) is 36.9 Å². The van der Waals surface area contributed by atoms with Crippen LogP contribution in [0.4, 0.5) is 8.78 Å². The van der Waals surface area contributed by atoms with Crippen LogP contribution in [-0.2, 0) is 11.3 Å². The van der Waals surface area contributed by atoms with E-state index < -0.39 is 19.1 Å². The fourth-order valence-electron chi connectivity index (χ4n) is 3.34. The molecule has 0 N–H and O–H groups in total. The number of alkyl halides is 2. The van der Waals surface area contributed by atoms with E-state index in [-0.39, 0.29) is 6.04 Å². The monoisotopic (exact) mass is 380 g/mol. The lowest BCUT2D eigenvalue weighted by molar-refractivity contribution is -0.113. The molecule has 0 saturated heterocycles. The zero-order valence-electron chi connectivity index (χ0n) is 14.5. The molecule has 2 atom stereocenters. The molecule has 2 unspecified atom stereocenters. The molecule has 0 spiro atoms. The first kappa shape index (κ1) is 18.7. The Hall–Kier alpha value is -2.05. The van der Waals surface area contributed by atoms with Gasteiger partial charge in [0.25, 0.3) is 6.43 Å². The van der Waals surface area contributed by atoms with Crippen molar-refractivity contribution >= 4 is 17.9 Å². The number of halogens is 3. The Morgan fingerprint density at radius 1 is 1.42 bits per heavy atom. The van der Waals surface area contributed by atoms with Crippen LogP contribution in [0, 0.1) is 6.92 Å². The SMILES string of the molecule is Cc1cc(C(C)N2Cc3c(ccnc3Cl)C2C=O)ccc1OCC(F)F. The van der Waals surface area contributed by atoms with E-state index in [1.54, 1.807) is 12.3 Å². The van der Waals surface area contributed by atoms with Crippen molar-refractivity contribution in [2.75, 3.05) is 6.61 Å². The summed E-state index contributed by atoms with van der Waals surface area (Å²) in [5, 5.41) is 0.413. The van der Waals surface area contributed by atoms with Crippen molar-refractivity contribution in [1.82, 2.24) is 9.88 Å². The number of ether oxygens (including phenoxy) is 1. The lowest BCUT2D eigenvalue weighted by Crippen LogP contribution is -2.26. The van der Waals surface area contributed by atoms with Crippen molar-refractivity contribution in [2.24, 2.45) is 0 Å². The summed E-state index contributed by atoms with van der Waals surface area (Å²) in [6, 6.07) is 6.78. The summed E-state index contributed by atoms with van der Waals surface area (Å²) in [5.74, 6) is 0.435. The van der Waals surface area contributed by atoms with Gasteiger partial charge in [0.15, 0.2) is 0 Å². The standard InChI is InChI=1S/C19H19ClF2N2O2/c1-11-7-13(3-4-17(11)26-10-18(21)22)12(2)24-8-15-14(16(24)9-25)5-6-23-19(15)20/h3-7,9,12,16,18H,8,10H2,1-2H3. The van der Waals surface area contributed by atoms with Crippen molar-refractivity contribution in [1.29, 1.82) is 0 Å². The average Bonchev–Trinajstić information content (AvgIpc) is 2.99. The van der Waals surface area contributed by atoms with E-state index in [2.05, 4.69) is 4.98 Å². The van der Waals surface area contributed by atoms with Crippen LogP contribution in [0.5, 0.6) is 5.75 Å². The molecule has 3 rings (SSSR count). The number of hydrogen-bond acceptors (Lipinski definition) is 4. The Balaban J connectivity index is 1.83. The van der Waals surface area contributed by atoms with E-state index in [4.69, 9.17) is 16.3 Å². The van der Waals surface area contributed by atoms with Crippen molar-refractivity contribution < 1.29 is 18.3 Å². The van der Waals surface area contributed by atoms with Gasteiger partial charge in [0.1, 0.15) is 23.8 Å². The molecule has 1 aliphatic rings. The number of rotatable bonds is 6. The smallest absolute Gasteiger partial charge is 0.272 e. The minimum absolute atomic E-state index is 0.0727. The van der Waals surface area contributed by atoms with Gasteiger partial charge in [0.05, 0.1) is 6.04 Å². The molecule has 0 amide bonds. The maximum absolute atomic E-state index is 12.3. The molecule has 26 heavy (non-hydrogen) atoms. The largest absolute Gasteiger partial charge is 0.487 e. The molecular weight excluding hydrogens is 362 g/mol. The third-order valence-electron chi connectivity index (χ3n) is 4.73. The van der Waals surface area contributed by atoms with Crippen molar-refractivity contribution in [2.45, 2.75) is 38.9 Å². The highest BCUT2D eigenvalue weighted by Crippen LogP contribution is 2.41. The van der Waals surface area contributed by atoms with Gasteiger partial charge in [-0.15, -0.1) is 0 Å². The molecule has 2 aromatic rings. The zero-order chi connectivity index (χ0) is 18.8. The number of carbonyl (C=O) groups excluding carboxylic acids is 1. The van der Waals surface area contributed by atoms with Gasteiger partial charge in [-0.3, -0.25) is 4.90 Å². The normalized spacial score (nSPS) is 18.0. The molecule has 0 radical (unpaired) electrons. The number of aromatic nitrogens is 1. The first-order valence-electron chi connectivity index (χ1n) is 8.28. The summed E-state index contributed by atoms with van der Waals surface area (Å²) in [7, 11) is 0. The van der Waals surface area contributed by atoms with E-state index in [9.17, 15) is 13.6 Å². The summed E-state index contributed by atoms with van der Waals surface area (Å²) < 4.78 is 29.8. The number of fused-ring (bicyclic) bond motifs is 1. The third kappa shape index (κ3) is 3.57. The molecule has 0 fully saturated rings. The quantitative estimate of drug-likeness (QED) is 0.546. The van der Waals surface area contributed by atoms with Crippen LogP contribution in [0.1, 0.15) is 41.3 Å². The Morgan fingerprint density at radius 3 is 2.85 bits per heavy atom. The molecule has 0 bridgehead atoms. The molecule has 1 aromatic heterocycles. The number of nitrogens with zero attached hydrogens (tertiary/aromatic N) is 2. The predicted octanol–water partition coefficient (Wildman–Crippen LogP) is 4.50. The molecule has 2 heterocycles. The second-order valence-corrected chi connectivity index (χ2v) is 6.68. The van der Waals surface area contributed by atoms with Gasteiger partial charge < -0.3 is 9.53 Å². The van der Waals surface area contributed by atoms with Crippen molar-refractivity contribution in [3.63, 3.8) is 0 Å². The van der Waals surface area contributed by atoms with Crippen LogP contribution in [0.15, 0.2) is 30.5 Å². The number of hydrogen-bond donors (Lipinski definition) is 0. The molecule has 138 valence electrons. The minimum Gasteiger partial charge on any atom is -0.487 e. The summed E-state index contributed by atoms with van der Waals surface area (Å²) in [5.41, 5.74) is 3.48. The first-order valence-corrected chi connectivity index (χ1v) is 8.66. The minimum atomic E-state index is -2.51. The Morgan fingerprint density at radius 2 is 2.19 bits per heavy atom. The number of carbonyl (C=O) groups is 1. The van der Waals surface area contributed by atoms with E-state index in [0.29, 0.717) is 17.4 Å². The Bertz CT molecular complexity index is 816. The average molecular weight is 381 g/mol. The lowest BCUT2D eigenvalue weighted by Gasteiger charge is -2.28. The molecule has 7 heteroatoms. The van der Waals surface area contributed by atoms with Crippen molar-refractivity contribution in [3.8, 4) is 5.75 Å². The van der Waals surface area contributed by atoms with Crippen LogP contribution < -0.4 is 4.74 Å².